The molecule has 3 rings (SSSR count). The fourth-order valence-electron chi connectivity index (χ4n) is 2.34. The molecule has 2 atom stereocenters. The topological polar surface area (TPSA) is 38.7 Å². The van der Waals surface area contributed by atoms with Crippen LogP contribution in [-0.4, -0.2) is 17.8 Å². The average Bonchev–Trinajstić information content (AvgIpc) is 2.94. The molecule has 0 amide bonds. The molecule has 0 radical (unpaired) electrons. The predicted molar refractivity (Wildman–Crippen MR) is 77.7 cm³/mol. The minimum atomic E-state index is -0.535. The maximum absolute atomic E-state index is 11.8. The van der Waals surface area contributed by atoms with E-state index in [2.05, 4.69) is 4.99 Å². The molecule has 1 heterocycles. The number of hydrogen-bond acceptors (Lipinski definition) is 3. The van der Waals surface area contributed by atoms with Crippen molar-refractivity contribution in [1.29, 1.82) is 0 Å². The molecule has 100 valence electrons. The molecule has 20 heavy (non-hydrogen) atoms. The third-order valence-corrected chi connectivity index (χ3v) is 3.34. The first-order valence-corrected chi connectivity index (χ1v) is 6.61. The number of rotatable bonds is 3. The van der Waals surface area contributed by atoms with Crippen LogP contribution in [0.1, 0.15) is 24.1 Å². The van der Waals surface area contributed by atoms with Crippen LogP contribution in [0.15, 0.2) is 65.7 Å². The molecule has 0 unspecified atom stereocenters. The number of ether oxygens (including phenoxy) is 1. The van der Waals surface area contributed by atoms with Crippen LogP contribution in [0.2, 0.25) is 0 Å². The van der Waals surface area contributed by atoms with Crippen molar-refractivity contribution in [3.8, 4) is 0 Å². The Hall–Kier alpha value is -2.42. The minimum absolute atomic E-state index is 0.00599. The molecular formula is C17H15NO2. The van der Waals surface area contributed by atoms with Crippen molar-refractivity contribution in [3.63, 3.8) is 0 Å². The maximum atomic E-state index is 11.8. The molecule has 0 saturated carbocycles. The Balaban J connectivity index is 1.98. The lowest BCUT2D eigenvalue weighted by Crippen LogP contribution is -2.25. The molecular weight excluding hydrogens is 250 g/mol. The van der Waals surface area contributed by atoms with Crippen LogP contribution in [0.4, 0.5) is 0 Å². The van der Waals surface area contributed by atoms with Crippen molar-refractivity contribution < 1.29 is 9.53 Å². The van der Waals surface area contributed by atoms with Gasteiger partial charge in [-0.05, 0) is 24.6 Å². The highest BCUT2D eigenvalue weighted by Crippen LogP contribution is 2.31. The van der Waals surface area contributed by atoms with Gasteiger partial charge in [-0.1, -0.05) is 48.5 Å². The highest BCUT2D eigenvalue weighted by molar-refractivity contribution is 5.98. The number of carbonyl (C=O) groups is 1. The van der Waals surface area contributed by atoms with Crippen molar-refractivity contribution in [2.75, 3.05) is 0 Å². The average molecular weight is 265 g/mol. The normalized spacial score (nSPS) is 21.1. The molecule has 0 fully saturated rings. The van der Waals surface area contributed by atoms with Gasteiger partial charge >= 0.3 is 0 Å². The van der Waals surface area contributed by atoms with Gasteiger partial charge in [0.05, 0.1) is 0 Å². The molecule has 1 aliphatic rings. The van der Waals surface area contributed by atoms with Crippen molar-refractivity contribution in [3.05, 3.63) is 71.8 Å². The second kappa shape index (κ2) is 5.29. The summed E-state index contributed by atoms with van der Waals surface area (Å²) in [6.45, 7) is 1.55. The summed E-state index contributed by atoms with van der Waals surface area (Å²) < 4.78 is 5.78. The van der Waals surface area contributed by atoms with E-state index < -0.39 is 6.10 Å². The largest absolute Gasteiger partial charge is 0.463 e. The van der Waals surface area contributed by atoms with Crippen LogP contribution in [-0.2, 0) is 9.53 Å². The number of hydrogen-bond donors (Lipinski definition) is 0. The maximum Gasteiger partial charge on any atom is 0.217 e. The third kappa shape index (κ3) is 2.35. The van der Waals surface area contributed by atoms with E-state index in [9.17, 15) is 4.79 Å². The summed E-state index contributed by atoms with van der Waals surface area (Å²) in [6.07, 6.45) is -0.535. The summed E-state index contributed by atoms with van der Waals surface area (Å²) in [5, 5.41) is 0. The zero-order valence-corrected chi connectivity index (χ0v) is 11.2. The zero-order chi connectivity index (χ0) is 13.9. The van der Waals surface area contributed by atoms with Gasteiger partial charge in [0.2, 0.25) is 5.90 Å². The van der Waals surface area contributed by atoms with Crippen LogP contribution in [0.5, 0.6) is 0 Å². The monoisotopic (exact) mass is 265 g/mol. The summed E-state index contributed by atoms with van der Waals surface area (Å²) in [7, 11) is 0. The lowest BCUT2D eigenvalue weighted by Gasteiger charge is -2.14. The third-order valence-electron chi connectivity index (χ3n) is 3.34. The number of ketones is 1. The number of Topliss-reactive ketones (excluding diaryl/α,β-unsaturated/α-hetero) is 1. The molecule has 3 heteroatoms. The molecule has 2 aromatic carbocycles. The molecule has 0 spiro atoms. The smallest absolute Gasteiger partial charge is 0.217 e. The summed E-state index contributed by atoms with van der Waals surface area (Å²) in [4.78, 5) is 16.4. The fraction of sp³-hybridized carbons (Fsp3) is 0.176. The van der Waals surface area contributed by atoms with E-state index in [4.69, 9.17) is 4.74 Å². The molecule has 2 aromatic rings. The SMILES string of the molecule is CC(=O)[C@@H]1OC(c2ccccc2)=N[C@H]1c1ccccc1. The van der Waals surface area contributed by atoms with Crippen molar-refractivity contribution in [2.45, 2.75) is 19.1 Å². The van der Waals surface area contributed by atoms with E-state index in [0.717, 1.165) is 11.1 Å². The minimum Gasteiger partial charge on any atom is -0.463 e. The molecule has 3 nitrogen and oxygen atoms in total. The van der Waals surface area contributed by atoms with Gasteiger partial charge in [0.25, 0.3) is 0 Å². The number of carbonyl (C=O) groups excluding carboxylic acids is 1. The van der Waals surface area contributed by atoms with E-state index in [1.807, 2.05) is 60.7 Å². The molecule has 0 N–H and O–H groups in total. The second-order valence-corrected chi connectivity index (χ2v) is 4.80. The molecule has 0 aromatic heterocycles. The van der Waals surface area contributed by atoms with Crippen molar-refractivity contribution >= 4 is 11.7 Å². The zero-order valence-electron chi connectivity index (χ0n) is 11.2. The van der Waals surface area contributed by atoms with Gasteiger partial charge in [-0.15, -0.1) is 0 Å². The first-order valence-electron chi connectivity index (χ1n) is 6.61. The van der Waals surface area contributed by atoms with E-state index >= 15 is 0 Å². The van der Waals surface area contributed by atoms with E-state index in [0.29, 0.717) is 5.90 Å². The highest BCUT2D eigenvalue weighted by Gasteiger charge is 2.35. The van der Waals surface area contributed by atoms with E-state index in [1.54, 1.807) is 6.92 Å². The quantitative estimate of drug-likeness (QED) is 0.855. The van der Waals surface area contributed by atoms with Gasteiger partial charge in [0.15, 0.2) is 11.9 Å². The van der Waals surface area contributed by atoms with Crippen LogP contribution in [0.25, 0.3) is 0 Å². The second-order valence-electron chi connectivity index (χ2n) is 4.80. The summed E-state index contributed by atoms with van der Waals surface area (Å²) in [5.41, 5.74) is 1.90. The Bertz CT molecular complexity index is 635. The highest BCUT2D eigenvalue weighted by atomic mass is 16.5. The molecule has 0 saturated heterocycles. The Morgan fingerprint density at radius 3 is 2.20 bits per heavy atom. The summed E-state index contributed by atoms with van der Waals surface area (Å²) in [6, 6.07) is 19.2. The number of nitrogens with zero attached hydrogens (tertiary/aromatic N) is 1. The van der Waals surface area contributed by atoms with Gasteiger partial charge in [-0.2, -0.15) is 0 Å². The summed E-state index contributed by atoms with van der Waals surface area (Å²) >= 11 is 0. The first kappa shape index (κ1) is 12.6. The number of benzene rings is 2. The Kier molecular flexibility index (Phi) is 3.33. The predicted octanol–water partition coefficient (Wildman–Crippen LogP) is 3.16. The molecule has 0 bridgehead atoms. The molecule has 0 aliphatic carbocycles. The van der Waals surface area contributed by atoms with Crippen LogP contribution >= 0.6 is 0 Å². The first-order chi connectivity index (χ1) is 9.75. The standard InChI is InChI=1S/C17H15NO2/c1-12(19)16-15(13-8-4-2-5-9-13)18-17(20-16)14-10-6-3-7-11-14/h2-11,15-16H,1H3/t15-,16-/m0/s1. The lowest BCUT2D eigenvalue weighted by atomic mass is 10.0. The molecule has 1 aliphatic heterocycles. The lowest BCUT2D eigenvalue weighted by molar-refractivity contribution is -0.124. The van der Waals surface area contributed by atoms with Crippen LogP contribution in [0, 0.1) is 0 Å². The van der Waals surface area contributed by atoms with Gasteiger partial charge < -0.3 is 4.74 Å². The van der Waals surface area contributed by atoms with E-state index in [-0.39, 0.29) is 11.8 Å². The van der Waals surface area contributed by atoms with Gasteiger partial charge in [-0.25, -0.2) is 4.99 Å². The Labute approximate surface area is 117 Å². The van der Waals surface area contributed by atoms with Gasteiger partial charge in [0, 0.05) is 5.56 Å². The Morgan fingerprint density at radius 1 is 1.00 bits per heavy atom. The van der Waals surface area contributed by atoms with Gasteiger partial charge in [-0.3, -0.25) is 4.79 Å². The Morgan fingerprint density at radius 2 is 1.60 bits per heavy atom. The van der Waals surface area contributed by atoms with Crippen molar-refractivity contribution in [1.82, 2.24) is 0 Å². The fourth-order valence-corrected chi connectivity index (χ4v) is 2.34. The number of aliphatic imine (C=N–C) groups is 1. The summed E-state index contributed by atoms with van der Waals surface area (Å²) in [5.74, 6) is 0.535. The van der Waals surface area contributed by atoms with E-state index in [1.165, 1.54) is 0 Å². The van der Waals surface area contributed by atoms with Crippen LogP contribution < -0.4 is 0 Å². The van der Waals surface area contributed by atoms with Crippen LogP contribution in [0.3, 0.4) is 0 Å². The van der Waals surface area contributed by atoms with Gasteiger partial charge in [0.1, 0.15) is 6.04 Å². The van der Waals surface area contributed by atoms with Crippen molar-refractivity contribution in [2.24, 2.45) is 4.99 Å².